The van der Waals surface area contributed by atoms with Crippen LogP contribution in [-0.4, -0.2) is 16.1 Å². The first kappa shape index (κ1) is 10.5. The summed E-state index contributed by atoms with van der Waals surface area (Å²) >= 11 is 0. The number of nitrogens with one attached hydrogen (secondary N) is 1. The molecule has 1 heterocycles. The number of rotatable bonds is 1. The number of aryl methyl sites for hydroxylation is 1. The number of urea groups is 1. The number of nitrogens with zero attached hydrogens (tertiary/aromatic N) is 1. The number of carbonyl (C=O) groups is 1. The minimum absolute atomic E-state index is 0.496. The highest BCUT2D eigenvalue weighted by atomic mass is 16.3. The summed E-state index contributed by atoms with van der Waals surface area (Å²) in [6.07, 6.45) is 3.84. The molecule has 2 aliphatic rings. The Kier molecular flexibility index (Phi) is 2.29. The van der Waals surface area contributed by atoms with E-state index in [-0.39, 0.29) is 0 Å². The fraction of sp³-hybridized carbons (Fsp3) is 0.500. The molecule has 1 aromatic heterocycles. The number of anilines is 1. The number of carbonyl (C=O) groups excluding carboxylic acids is 1. The zero-order valence-corrected chi connectivity index (χ0v) is 9.49. The number of nitrogens with two attached hydrogens (primary N) is 1. The smallest absolute Gasteiger partial charge is 0.316 e. The molecular formula is C12H15N3O2. The standard InChI is InChI=1S/C12H15N3O2/c13-12(17)15-10-6-2-1-3-8(6)14-11-7(10)4-5-9(11)16/h9,16H,1-5H2,(H3,13,14,15,17). The van der Waals surface area contributed by atoms with E-state index in [2.05, 4.69) is 10.3 Å². The Bertz CT molecular complexity index is 499. The van der Waals surface area contributed by atoms with Gasteiger partial charge in [-0.2, -0.15) is 0 Å². The molecule has 1 atom stereocenters. The first-order valence-electron chi connectivity index (χ1n) is 5.96. The third-order valence-corrected chi connectivity index (χ3v) is 3.59. The molecule has 2 amide bonds. The van der Waals surface area contributed by atoms with Gasteiger partial charge in [-0.25, -0.2) is 4.79 Å². The van der Waals surface area contributed by atoms with E-state index in [1.807, 2.05) is 0 Å². The zero-order valence-electron chi connectivity index (χ0n) is 9.49. The third-order valence-electron chi connectivity index (χ3n) is 3.59. The minimum atomic E-state index is -0.547. The highest BCUT2D eigenvalue weighted by molar-refractivity contribution is 5.90. The maximum absolute atomic E-state index is 11.1. The van der Waals surface area contributed by atoms with Gasteiger partial charge >= 0.3 is 6.03 Å². The molecule has 1 unspecified atom stereocenters. The summed E-state index contributed by atoms with van der Waals surface area (Å²) in [6.45, 7) is 0. The van der Waals surface area contributed by atoms with Crippen LogP contribution in [0.4, 0.5) is 10.5 Å². The average Bonchev–Trinajstić information content (AvgIpc) is 2.86. The summed E-state index contributed by atoms with van der Waals surface area (Å²) in [5.41, 5.74) is 9.84. The number of pyridine rings is 1. The van der Waals surface area contributed by atoms with E-state index in [1.54, 1.807) is 0 Å². The zero-order chi connectivity index (χ0) is 12.0. The third kappa shape index (κ3) is 1.58. The van der Waals surface area contributed by atoms with Crippen molar-refractivity contribution in [1.82, 2.24) is 4.98 Å². The lowest BCUT2D eigenvalue weighted by Gasteiger charge is -2.14. The number of primary amides is 1. The molecule has 4 N–H and O–H groups in total. The van der Waals surface area contributed by atoms with Crippen LogP contribution < -0.4 is 11.1 Å². The molecule has 2 aliphatic carbocycles. The fourth-order valence-electron chi connectivity index (χ4n) is 2.86. The monoisotopic (exact) mass is 233 g/mol. The Labute approximate surface area is 99.0 Å². The van der Waals surface area contributed by atoms with Crippen LogP contribution in [0.5, 0.6) is 0 Å². The van der Waals surface area contributed by atoms with Gasteiger partial charge in [-0.05, 0) is 37.7 Å². The van der Waals surface area contributed by atoms with Gasteiger partial charge in [0.1, 0.15) is 0 Å². The number of hydrogen-bond acceptors (Lipinski definition) is 3. The lowest BCUT2D eigenvalue weighted by molar-refractivity contribution is 0.175. The molecule has 0 saturated carbocycles. The molecule has 17 heavy (non-hydrogen) atoms. The Morgan fingerprint density at radius 2 is 2.18 bits per heavy atom. The Hall–Kier alpha value is -1.62. The number of hydrogen-bond donors (Lipinski definition) is 3. The van der Waals surface area contributed by atoms with Gasteiger partial charge in [0.25, 0.3) is 0 Å². The number of fused-ring (bicyclic) bond motifs is 2. The first-order chi connectivity index (χ1) is 8.16. The molecule has 0 spiro atoms. The van der Waals surface area contributed by atoms with Crippen molar-refractivity contribution in [2.45, 2.75) is 38.2 Å². The summed E-state index contributed by atoms with van der Waals surface area (Å²) < 4.78 is 0. The topological polar surface area (TPSA) is 88.2 Å². The number of amides is 2. The molecular weight excluding hydrogens is 218 g/mol. The lowest BCUT2D eigenvalue weighted by atomic mass is 10.1. The van der Waals surface area contributed by atoms with Gasteiger partial charge in [-0.3, -0.25) is 4.98 Å². The Morgan fingerprint density at radius 3 is 2.94 bits per heavy atom. The summed E-state index contributed by atoms with van der Waals surface area (Å²) in [6, 6.07) is -0.547. The van der Waals surface area contributed by atoms with Gasteiger partial charge in [-0.1, -0.05) is 0 Å². The predicted octanol–water partition coefficient (Wildman–Crippen LogP) is 1.04. The van der Waals surface area contributed by atoms with E-state index < -0.39 is 12.1 Å². The van der Waals surface area contributed by atoms with Gasteiger partial charge < -0.3 is 16.2 Å². The van der Waals surface area contributed by atoms with E-state index in [4.69, 9.17) is 5.73 Å². The van der Waals surface area contributed by atoms with Crippen LogP contribution in [0.1, 0.15) is 41.5 Å². The molecule has 5 heteroatoms. The average molecular weight is 233 g/mol. The van der Waals surface area contributed by atoms with Gasteiger partial charge in [0.05, 0.1) is 17.5 Å². The molecule has 90 valence electrons. The van der Waals surface area contributed by atoms with Crippen molar-refractivity contribution in [3.8, 4) is 0 Å². The second kappa shape index (κ2) is 3.70. The van der Waals surface area contributed by atoms with Gasteiger partial charge in [-0.15, -0.1) is 0 Å². The molecule has 3 rings (SSSR count). The normalized spacial score (nSPS) is 21.1. The number of aromatic nitrogens is 1. The van der Waals surface area contributed by atoms with Crippen LogP contribution in [-0.2, 0) is 19.3 Å². The SMILES string of the molecule is NC(=O)Nc1c2c(nc3c1CCC3O)CCC2. The van der Waals surface area contributed by atoms with Gasteiger partial charge in [0, 0.05) is 11.3 Å². The second-order valence-corrected chi connectivity index (χ2v) is 4.67. The van der Waals surface area contributed by atoms with Crippen LogP contribution in [0, 0.1) is 0 Å². The maximum atomic E-state index is 11.1. The van der Waals surface area contributed by atoms with E-state index >= 15 is 0 Å². The minimum Gasteiger partial charge on any atom is -0.387 e. The van der Waals surface area contributed by atoms with E-state index in [0.717, 1.165) is 53.9 Å². The summed E-state index contributed by atoms with van der Waals surface area (Å²) in [5, 5.41) is 12.6. The molecule has 0 aromatic carbocycles. The van der Waals surface area contributed by atoms with E-state index in [9.17, 15) is 9.90 Å². The van der Waals surface area contributed by atoms with Crippen LogP contribution in [0.2, 0.25) is 0 Å². The molecule has 5 nitrogen and oxygen atoms in total. The van der Waals surface area contributed by atoms with Crippen molar-refractivity contribution in [1.29, 1.82) is 0 Å². The lowest BCUT2D eigenvalue weighted by Crippen LogP contribution is -2.21. The molecule has 0 fully saturated rings. The number of aliphatic hydroxyl groups excluding tert-OH is 1. The predicted molar refractivity (Wildman–Crippen MR) is 62.7 cm³/mol. The van der Waals surface area contributed by atoms with Crippen molar-refractivity contribution >= 4 is 11.7 Å². The quantitative estimate of drug-likeness (QED) is 0.677. The first-order valence-corrected chi connectivity index (χ1v) is 5.96. The molecule has 0 radical (unpaired) electrons. The van der Waals surface area contributed by atoms with Crippen LogP contribution >= 0.6 is 0 Å². The van der Waals surface area contributed by atoms with Crippen molar-refractivity contribution in [3.63, 3.8) is 0 Å². The highest BCUT2D eigenvalue weighted by Crippen LogP contribution is 2.40. The largest absolute Gasteiger partial charge is 0.387 e. The van der Waals surface area contributed by atoms with Crippen LogP contribution in [0.3, 0.4) is 0 Å². The van der Waals surface area contributed by atoms with Crippen molar-refractivity contribution in [2.75, 3.05) is 5.32 Å². The molecule has 1 aromatic rings. The Balaban J connectivity index is 2.17. The summed E-state index contributed by atoms with van der Waals surface area (Å²) in [4.78, 5) is 15.6. The van der Waals surface area contributed by atoms with Crippen molar-refractivity contribution < 1.29 is 9.90 Å². The number of aliphatic hydroxyl groups is 1. The molecule has 0 saturated heterocycles. The second-order valence-electron chi connectivity index (χ2n) is 4.67. The van der Waals surface area contributed by atoms with Crippen molar-refractivity contribution in [2.24, 2.45) is 5.73 Å². The van der Waals surface area contributed by atoms with Gasteiger partial charge in [0.2, 0.25) is 0 Å². The molecule has 0 aliphatic heterocycles. The highest BCUT2D eigenvalue weighted by Gasteiger charge is 2.30. The van der Waals surface area contributed by atoms with Crippen molar-refractivity contribution in [3.05, 3.63) is 22.5 Å². The summed E-state index contributed by atoms with van der Waals surface area (Å²) in [5.74, 6) is 0. The van der Waals surface area contributed by atoms with Crippen LogP contribution in [0.15, 0.2) is 0 Å². The van der Waals surface area contributed by atoms with Gasteiger partial charge in [0.15, 0.2) is 0 Å². The summed E-state index contributed by atoms with van der Waals surface area (Å²) in [7, 11) is 0. The maximum Gasteiger partial charge on any atom is 0.316 e. The van der Waals surface area contributed by atoms with Crippen LogP contribution in [0.25, 0.3) is 0 Å². The Morgan fingerprint density at radius 1 is 1.35 bits per heavy atom. The fourth-order valence-corrected chi connectivity index (χ4v) is 2.86. The van der Waals surface area contributed by atoms with E-state index in [0.29, 0.717) is 6.42 Å². The van der Waals surface area contributed by atoms with E-state index in [1.165, 1.54) is 0 Å². The molecule has 0 bridgehead atoms.